The largest absolute Gasteiger partial charge is 0.484 e. The lowest BCUT2D eigenvalue weighted by atomic mass is 10.0. The maximum atomic E-state index is 12.4. The van der Waals surface area contributed by atoms with Gasteiger partial charge >= 0.3 is 6.09 Å². The predicted molar refractivity (Wildman–Crippen MR) is 113 cm³/mol. The number of rotatable bonds is 6. The molecule has 1 heterocycles. The van der Waals surface area contributed by atoms with Crippen molar-refractivity contribution in [2.45, 2.75) is 59.1 Å². The number of amides is 3. The zero-order valence-electron chi connectivity index (χ0n) is 18.5. The van der Waals surface area contributed by atoms with Gasteiger partial charge in [0.15, 0.2) is 6.61 Å². The number of ether oxygens (including phenoxy) is 2. The van der Waals surface area contributed by atoms with Crippen molar-refractivity contribution in [2.24, 2.45) is 0 Å². The van der Waals surface area contributed by atoms with E-state index in [4.69, 9.17) is 9.47 Å². The number of alkyl carbamates (subject to hydrolysis) is 1. The van der Waals surface area contributed by atoms with Gasteiger partial charge in [-0.1, -0.05) is 17.7 Å². The molecule has 0 radical (unpaired) electrons. The Balaban J connectivity index is 1.68. The van der Waals surface area contributed by atoms with E-state index in [9.17, 15) is 14.4 Å². The van der Waals surface area contributed by atoms with Gasteiger partial charge in [-0.2, -0.15) is 0 Å². The molecule has 1 aromatic rings. The monoisotopic (exact) mass is 419 g/mol. The minimum Gasteiger partial charge on any atom is -0.484 e. The number of carbonyl (C=O) groups excluding carboxylic acids is 3. The van der Waals surface area contributed by atoms with E-state index in [1.54, 1.807) is 25.7 Å². The summed E-state index contributed by atoms with van der Waals surface area (Å²) in [7, 11) is 0. The third-order valence-electron chi connectivity index (χ3n) is 4.69. The molecule has 0 bridgehead atoms. The fourth-order valence-electron chi connectivity index (χ4n) is 3.21. The Morgan fingerprint density at radius 1 is 1.13 bits per heavy atom. The number of nitrogens with zero attached hydrogens (tertiary/aromatic N) is 1. The van der Waals surface area contributed by atoms with Crippen LogP contribution < -0.4 is 15.4 Å². The van der Waals surface area contributed by atoms with E-state index in [-0.39, 0.29) is 31.0 Å². The molecule has 1 aliphatic heterocycles. The molecular formula is C22H33N3O5. The molecular weight excluding hydrogens is 386 g/mol. The number of aryl methyl sites for hydroxylation is 2. The summed E-state index contributed by atoms with van der Waals surface area (Å²) in [5, 5.41) is 5.33. The molecule has 1 aliphatic rings. The van der Waals surface area contributed by atoms with E-state index in [1.807, 2.05) is 32.0 Å². The number of carbonyl (C=O) groups is 3. The van der Waals surface area contributed by atoms with Crippen molar-refractivity contribution in [3.63, 3.8) is 0 Å². The Bertz CT molecular complexity index is 765. The molecule has 0 aromatic heterocycles. The molecule has 8 heteroatoms. The zero-order chi connectivity index (χ0) is 22.3. The van der Waals surface area contributed by atoms with Gasteiger partial charge in [0.25, 0.3) is 5.91 Å². The highest BCUT2D eigenvalue weighted by Crippen LogP contribution is 2.19. The van der Waals surface area contributed by atoms with Crippen molar-refractivity contribution in [3.05, 3.63) is 29.3 Å². The number of hydrogen-bond donors (Lipinski definition) is 2. The predicted octanol–water partition coefficient (Wildman–Crippen LogP) is 2.31. The fourth-order valence-corrected chi connectivity index (χ4v) is 3.21. The Morgan fingerprint density at radius 2 is 1.80 bits per heavy atom. The van der Waals surface area contributed by atoms with E-state index >= 15 is 0 Å². The van der Waals surface area contributed by atoms with Crippen LogP contribution in [0.3, 0.4) is 0 Å². The summed E-state index contributed by atoms with van der Waals surface area (Å²) in [4.78, 5) is 37.8. The minimum absolute atomic E-state index is 0.000729. The fraction of sp³-hybridized carbons (Fsp3) is 0.591. The van der Waals surface area contributed by atoms with Gasteiger partial charge in [0.05, 0.1) is 0 Å². The van der Waals surface area contributed by atoms with Crippen LogP contribution in [0, 0.1) is 13.8 Å². The van der Waals surface area contributed by atoms with Crippen LogP contribution in [-0.4, -0.2) is 60.7 Å². The average Bonchev–Trinajstić information content (AvgIpc) is 2.65. The van der Waals surface area contributed by atoms with Crippen LogP contribution in [0.4, 0.5) is 4.79 Å². The molecule has 2 rings (SSSR count). The van der Waals surface area contributed by atoms with Crippen molar-refractivity contribution in [1.82, 2.24) is 15.5 Å². The SMILES string of the molecule is Cc1ccc(OCC(=O)N2CCC(NC(=O)CNC(=O)OC(C)(C)C)CC2)c(C)c1. The summed E-state index contributed by atoms with van der Waals surface area (Å²) < 4.78 is 10.8. The third kappa shape index (κ3) is 7.93. The molecule has 166 valence electrons. The molecule has 8 nitrogen and oxygen atoms in total. The lowest BCUT2D eigenvalue weighted by molar-refractivity contribution is -0.134. The van der Waals surface area contributed by atoms with Crippen LogP contribution >= 0.6 is 0 Å². The number of likely N-dealkylation sites (tertiary alicyclic amines) is 1. The van der Waals surface area contributed by atoms with E-state index in [1.165, 1.54) is 0 Å². The molecule has 1 aromatic carbocycles. The molecule has 0 unspecified atom stereocenters. The maximum absolute atomic E-state index is 12.4. The Kier molecular flexibility index (Phi) is 8.08. The van der Waals surface area contributed by atoms with Gasteiger partial charge in [0.2, 0.25) is 5.91 Å². The van der Waals surface area contributed by atoms with Gasteiger partial charge < -0.3 is 25.0 Å². The van der Waals surface area contributed by atoms with Gasteiger partial charge in [-0.15, -0.1) is 0 Å². The van der Waals surface area contributed by atoms with Crippen LogP contribution in [0.15, 0.2) is 18.2 Å². The summed E-state index contributed by atoms with van der Waals surface area (Å²) in [6.07, 6.45) is 0.697. The van der Waals surface area contributed by atoms with Crippen LogP contribution in [0.2, 0.25) is 0 Å². The lowest BCUT2D eigenvalue weighted by Crippen LogP contribution is -2.49. The Morgan fingerprint density at radius 3 is 2.40 bits per heavy atom. The number of hydrogen-bond acceptors (Lipinski definition) is 5. The second-order valence-electron chi connectivity index (χ2n) is 8.64. The highest BCUT2D eigenvalue weighted by atomic mass is 16.6. The van der Waals surface area contributed by atoms with Gasteiger partial charge in [0, 0.05) is 19.1 Å². The Hall–Kier alpha value is -2.77. The molecule has 1 saturated heterocycles. The van der Waals surface area contributed by atoms with E-state index in [0.29, 0.717) is 31.7 Å². The minimum atomic E-state index is -0.623. The highest BCUT2D eigenvalue weighted by molar-refractivity contribution is 5.82. The van der Waals surface area contributed by atoms with E-state index < -0.39 is 11.7 Å². The summed E-state index contributed by atoms with van der Waals surface area (Å²) in [6, 6.07) is 5.83. The molecule has 2 N–H and O–H groups in total. The van der Waals surface area contributed by atoms with Crippen LogP contribution in [0.25, 0.3) is 0 Å². The first-order valence-corrected chi connectivity index (χ1v) is 10.3. The van der Waals surface area contributed by atoms with Gasteiger partial charge in [-0.3, -0.25) is 9.59 Å². The van der Waals surface area contributed by atoms with Gasteiger partial charge in [0.1, 0.15) is 17.9 Å². The van der Waals surface area contributed by atoms with Gasteiger partial charge in [-0.25, -0.2) is 4.79 Å². The average molecular weight is 420 g/mol. The molecule has 3 amide bonds. The van der Waals surface area contributed by atoms with Crippen molar-refractivity contribution in [2.75, 3.05) is 26.2 Å². The second-order valence-corrected chi connectivity index (χ2v) is 8.64. The topological polar surface area (TPSA) is 97.0 Å². The quantitative estimate of drug-likeness (QED) is 0.738. The Labute approximate surface area is 178 Å². The van der Waals surface area contributed by atoms with Gasteiger partial charge in [-0.05, 0) is 59.1 Å². The first-order valence-electron chi connectivity index (χ1n) is 10.3. The molecule has 0 atom stereocenters. The molecule has 0 aliphatic carbocycles. The highest BCUT2D eigenvalue weighted by Gasteiger charge is 2.24. The van der Waals surface area contributed by atoms with Crippen LogP contribution in [0.5, 0.6) is 5.75 Å². The van der Waals surface area contributed by atoms with Crippen LogP contribution in [0.1, 0.15) is 44.7 Å². The summed E-state index contributed by atoms with van der Waals surface area (Å²) in [5.74, 6) is 0.378. The van der Waals surface area contributed by atoms with Crippen molar-refractivity contribution in [3.8, 4) is 5.75 Å². The number of piperidine rings is 1. The number of nitrogens with one attached hydrogen (secondary N) is 2. The first-order chi connectivity index (χ1) is 14.0. The molecule has 30 heavy (non-hydrogen) atoms. The van der Waals surface area contributed by atoms with E-state index in [0.717, 1.165) is 11.1 Å². The van der Waals surface area contributed by atoms with Crippen molar-refractivity contribution >= 4 is 17.9 Å². The van der Waals surface area contributed by atoms with E-state index in [2.05, 4.69) is 10.6 Å². The normalized spacial score (nSPS) is 14.8. The maximum Gasteiger partial charge on any atom is 0.408 e. The lowest BCUT2D eigenvalue weighted by Gasteiger charge is -2.32. The van der Waals surface area contributed by atoms with Crippen molar-refractivity contribution in [1.29, 1.82) is 0 Å². The smallest absolute Gasteiger partial charge is 0.408 e. The number of benzene rings is 1. The molecule has 0 spiro atoms. The summed E-state index contributed by atoms with van der Waals surface area (Å²) in [5.41, 5.74) is 1.54. The van der Waals surface area contributed by atoms with Crippen molar-refractivity contribution < 1.29 is 23.9 Å². The van der Waals surface area contributed by atoms with Crippen LogP contribution in [-0.2, 0) is 14.3 Å². The summed E-state index contributed by atoms with van der Waals surface area (Å²) >= 11 is 0. The second kappa shape index (κ2) is 10.3. The third-order valence-corrected chi connectivity index (χ3v) is 4.69. The first kappa shape index (κ1) is 23.5. The zero-order valence-corrected chi connectivity index (χ0v) is 18.5. The molecule has 0 saturated carbocycles. The summed E-state index contributed by atoms with van der Waals surface area (Å²) in [6.45, 7) is 10.2. The standard InChI is InChI=1S/C22H33N3O5/c1-15-6-7-18(16(2)12-15)29-14-20(27)25-10-8-17(9-11-25)24-19(26)13-23-21(28)30-22(3,4)5/h6-7,12,17H,8-11,13-14H2,1-5H3,(H,23,28)(H,24,26). The molecule has 1 fully saturated rings.